The van der Waals surface area contributed by atoms with Crippen LogP contribution < -0.4 is 15.1 Å². The van der Waals surface area contributed by atoms with E-state index in [2.05, 4.69) is 15.6 Å². The topological polar surface area (TPSA) is 161 Å². The van der Waals surface area contributed by atoms with E-state index in [9.17, 15) is 24.8 Å². The number of carbonyl (C=O) groups is 2. The van der Waals surface area contributed by atoms with E-state index in [0.29, 0.717) is 11.3 Å². The number of aromatic nitrogens is 2. The normalized spacial score (nSPS) is 17.6. The highest BCUT2D eigenvalue weighted by atomic mass is 32.1. The van der Waals surface area contributed by atoms with Crippen LogP contribution in [0.1, 0.15) is 35.3 Å². The van der Waals surface area contributed by atoms with Gasteiger partial charge >= 0.3 is 5.88 Å². The summed E-state index contributed by atoms with van der Waals surface area (Å²) in [5, 5.41) is 30.6. The first-order valence-corrected chi connectivity index (χ1v) is 12.5. The van der Waals surface area contributed by atoms with Gasteiger partial charge in [0.05, 0.1) is 10.6 Å². The molecule has 0 bridgehead atoms. The summed E-state index contributed by atoms with van der Waals surface area (Å²) in [6, 6.07) is 12.9. The van der Waals surface area contributed by atoms with E-state index in [1.807, 2.05) is 0 Å². The predicted molar refractivity (Wildman–Crippen MR) is 139 cm³/mol. The highest BCUT2D eigenvalue weighted by molar-refractivity contribution is 7.80. The second-order valence-corrected chi connectivity index (χ2v) is 9.51. The van der Waals surface area contributed by atoms with Crippen molar-refractivity contribution < 1.29 is 28.8 Å². The minimum Gasteiger partial charge on any atom is -0.862 e. The number of non-ortho nitro benzene ring substituents is 1. The summed E-state index contributed by atoms with van der Waals surface area (Å²) in [7, 11) is 1.63. The molecule has 0 radical (unpaired) electrons. The van der Waals surface area contributed by atoms with Crippen LogP contribution >= 0.6 is 12.2 Å². The fourth-order valence-corrected chi connectivity index (χ4v) is 4.69. The van der Waals surface area contributed by atoms with Gasteiger partial charge in [0.25, 0.3) is 23.2 Å². The molecule has 1 aliphatic heterocycles. The molecule has 2 heterocycles. The van der Waals surface area contributed by atoms with Gasteiger partial charge in [-0.1, -0.05) is 18.2 Å². The molecule has 1 N–H and O–H groups in total. The largest absolute Gasteiger partial charge is 0.862 e. The molecule has 0 spiro atoms. The summed E-state index contributed by atoms with van der Waals surface area (Å²) in [4.78, 5) is 43.6. The first-order valence-electron chi connectivity index (χ1n) is 12.1. The Labute approximate surface area is 227 Å². The van der Waals surface area contributed by atoms with Crippen LogP contribution in [0.3, 0.4) is 0 Å². The Morgan fingerprint density at radius 1 is 1.23 bits per heavy atom. The number of rotatable bonds is 9. The Morgan fingerprint density at radius 2 is 1.92 bits per heavy atom. The highest BCUT2D eigenvalue weighted by Gasteiger charge is 2.49. The molecule has 2 aromatic carbocycles. The summed E-state index contributed by atoms with van der Waals surface area (Å²) in [5.41, 5.74) is 0.976. The summed E-state index contributed by atoms with van der Waals surface area (Å²) >= 11 is 5.66. The number of amides is 2. The lowest BCUT2D eigenvalue weighted by Crippen LogP contribution is -2.43. The smallest absolute Gasteiger partial charge is 0.307 e. The monoisotopic (exact) mass is 549 g/mol. The molecule has 1 aliphatic carbocycles. The molecule has 2 fully saturated rings. The number of hydrogen-bond acceptors (Lipinski definition) is 9. The first kappa shape index (κ1) is 25.9. The van der Waals surface area contributed by atoms with Gasteiger partial charge in [-0.2, -0.15) is 0 Å². The molecular formula is C25H23N7O6S. The number of nitrogens with zero attached hydrogens (tertiary/aromatic N) is 6. The van der Waals surface area contributed by atoms with Crippen LogP contribution in [0.5, 0.6) is 0 Å². The van der Waals surface area contributed by atoms with Crippen LogP contribution in [-0.2, 0) is 18.4 Å². The van der Waals surface area contributed by atoms with Gasteiger partial charge in [0.2, 0.25) is 5.27 Å². The molecule has 1 aromatic heterocycles. The van der Waals surface area contributed by atoms with Crippen molar-refractivity contribution in [2.45, 2.75) is 37.9 Å². The second-order valence-electron chi connectivity index (χ2n) is 9.14. The molecule has 39 heavy (non-hydrogen) atoms. The lowest BCUT2D eigenvalue weighted by molar-refractivity contribution is -0.746. The number of aliphatic imine (C=N–C) groups is 1. The quantitative estimate of drug-likeness (QED) is 0.104. The molecular weight excluding hydrogens is 526 g/mol. The fourth-order valence-electron chi connectivity index (χ4n) is 4.25. The third kappa shape index (κ3) is 5.45. The molecule has 13 nitrogen and oxygen atoms in total. The maximum atomic E-state index is 13.4. The Morgan fingerprint density at radius 3 is 2.56 bits per heavy atom. The standard InChI is InChI=1S/C25H23N7O6S/c1-29-20(23(38-28-29)27-22(34)15-5-3-2-4-6-15)14-30-19(24(35)31(25(30)39)17-11-12-17)13-21(33)26-16-7-9-18(10-8-16)32(36)37/h2-10,17,19H,11-14H2,1H3,(H-,26,27,28,33,34). The molecule has 3 aromatic rings. The summed E-state index contributed by atoms with van der Waals surface area (Å²) in [6.07, 6.45) is 1.36. The highest BCUT2D eigenvalue weighted by Crippen LogP contribution is 2.35. The number of carbonyl (C=O) groups excluding carboxylic acids is 2. The Hall–Kier alpha value is -4.72. The van der Waals surface area contributed by atoms with Crippen LogP contribution in [-0.4, -0.2) is 54.9 Å². The third-order valence-electron chi connectivity index (χ3n) is 6.44. The summed E-state index contributed by atoms with van der Waals surface area (Å²) in [5.74, 6) is -1.20. The molecule has 1 unspecified atom stereocenters. The SMILES string of the molecule is C[n+]1noc(NC(=O)c2ccccc2)c1CN1C(=S)N(C2CC2)C(=O)C1CC([O-])=Nc1ccc([N+](=O)[O-])cc1. The van der Waals surface area contributed by atoms with Crippen LogP contribution in [0, 0.1) is 10.1 Å². The summed E-state index contributed by atoms with van der Waals surface area (Å²) in [6.45, 7) is 0.0354. The number of benzene rings is 2. The van der Waals surface area contributed by atoms with Gasteiger partial charge in [-0.15, -0.1) is 0 Å². The van der Waals surface area contributed by atoms with Crippen molar-refractivity contribution in [2.24, 2.45) is 12.0 Å². The number of aryl methyl sites for hydroxylation is 1. The zero-order valence-corrected chi connectivity index (χ0v) is 21.5. The van der Waals surface area contributed by atoms with Crippen LogP contribution in [0.25, 0.3) is 0 Å². The van der Waals surface area contributed by atoms with Gasteiger partial charge in [0.15, 0.2) is 12.2 Å². The predicted octanol–water partition coefficient (Wildman–Crippen LogP) is 1.60. The van der Waals surface area contributed by atoms with Gasteiger partial charge in [0.1, 0.15) is 12.6 Å². The number of nitrogens with one attached hydrogen (secondary N) is 1. The molecule has 1 saturated heterocycles. The van der Waals surface area contributed by atoms with Gasteiger partial charge in [-0.3, -0.25) is 39.4 Å². The van der Waals surface area contributed by atoms with Gasteiger partial charge in [-0.25, -0.2) is 0 Å². The second kappa shape index (κ2) is 10.6. The fraction of sp³-hybridized carbons (Fsp3) is 0.280. The first-order chi connectivity index (χ1) is 18.7. The molecule has 14 heteroatoms. The maximum Gasteiger partial charge on any atom is 0.307 e. The molecule has 1 atom stereocenters. The zero-order valence-electron chi connectivity index (χ0n) is 20.7. The minimum atomic E-state index is -0.931. The van der Waals surface area contributed by atoms with Gasteiger partial charge in [0, 0.05) is 30.2 Å². The lowest BCUT2D eigenvalue weighted by Gasteiger charge is -2.24. The zero-order chi connectivity index (χ0) is 27.7. The Kier molecular flexibility index (Phi) is 7.02. The number of nitro benzene ring substituents is 1. The van der Waals surface area contributed by atoms with E-state index in [1.165, 1.54) is 33.8 Å². The maximum absolute atomic E-state index is 13.4. The van der Waals surface area contributed by atoms with E-state index in [0.717, 1.165) is 12.8 Å². The third-order valence-corrected chi connectivity index (χ3v) is 6.87. The van der Waals surface area contributed by atoms with Crippen LogP contribution in [0.2, 0.25) is 0 Å². The lowest BCUT2D eigenvalue weighted by atomic mass is 10.1. The molecule has 5 rings (SSSR count). The van der Waals surface area contributed by atoms with E-state index >= 15 is 0 Å². The van der Waals surface area contributed by atoms with Crippen molar-refractivity contribution in [3.8, 4) is 0 Å². The average Bonchev–Trinajstić information content (AvgIpc) is 3.66. The number of thiocarbonyl (C=S) groups is 1. The van der Waals surface area contributed by atoms with Crippen molar-refractivity contribution in [1.82, 2.24) is 15.1 Å². The van der Waals surface area contributed by atoms with Crippen molar-refractivity contribution >= 4 is 52.3 Å². The van der Waals surface area contributed by atoms with Crippen LogP contribution in [0.4, 0.5) is 17.3 Å². The van der Waals surface area contributed by atoms with Gasteiger partial charge < -0.3 is 10.0 Å². The van der Waals surface area contributed by atoms with Gasteiger partial charge in [-0.05, 0) is 59.9 Å². The Balaban J connectivity index is 1.38. The number of anilines is 1. The van der Waals surface area contributed by atoms with E-state index < -0.39 is 22.8 Å². The number of hydrogen-bond donors (Lipinski definition) is 1. The molecule has 1 saturated carbocycles. The Bertz CT molecular complexity index is 1470. The van der Waals surface area contributed by atoms with E-state index in [4.69, 9.17) is 16.7 Å². The average molecular weight is 550 g/mol. The minimum absolute atomic E-state index is 0.0207. The molecule has 2 aliphatic rings. The number of nitro groups is 1. The van der Waals surface area contributed by atoms with Crippen molar-refractivity contribution in [3.05, 3.63) is 76.0 Å². The van der Waals surface area contributed by atoms with E-state index in [-0.39, 0.29) is 47.3 Å². The molecule has 2 amide bonds. The van der Waals surface area contributed by atoms with Crippen LogP contribution in [0.15, 0.2) is 64.1 Å². The summed E-state index contributed by atoms with van der Waals surface area (Å²) < 4.78 is 6.77. The molecule has 200 valence electrons. The van der Waals surface area contributed by atoms with Crippen molar-refractivity contribution in [2.75, 3.05) is 5.32 Å². The van der Waals surface area contributed by atoms with E-state index in [1.54, 1.807) is 42.3 Å². The van der Waals surface area contributed by atoms with Crippen molar-refractivity contribution in [1.29, 1.82) is 0 Å². The van der Waals surface area contributed by atoms with Crippen molar-refractivity contribution in [3.63, 3.8) is 0 Å².